The summed E-state index contributed by atoms with van der Waals surface area (Å²) in [6.45, 7) is 5.49. The van der Waals surface area contributed by atoms with E-state index in [9.17, 15) is 13.5 Å². The summed E-state index contributed by atoms with van der Waals surface area (Å²) in [4.78, 5) is 0.277. The summed E-state index contributed by atoms with van der Waals surface area (Å²) in [5.74, 6) is 0. The Kier molecular flexibility index (Phi) is 3.81. The highest BCUT2D eigenvalue weighted by molar-refractivity contribution is 9.10. The van der Waals surface area contributed by atoms with Crippen LogP contribution in [0.2, 0.25) is 0 Å². The van der Waals surface area contributed by atoms with Crippen molar-refractivity contribution in [2.24, 2.45) is 5.41 Å². The minimum atomic E-state index is -3.56. The maximum absolute atomic E-state index is 12.4. The van der Waals surface area contributed by atoms with Crippen LogP contribution in [-0.4, -0.2) is 25.7 Å². The van der Waals surface area contributed by atoms with Crippen molar-refractivity contribution in [1.82, 2.24) is 4.72 Å². The molecule has 1 saturated carbocycles. The molecule has 0 bridgehead atoms. The lowest BCUT2D eigenvalue weighted by molar-refractivity contribution is -0.0645. The van der Waals surface area contributed by atoms with Gasteiger partial charge in [-0.1, -0.05) is 35.8 Å². The number of nitrogens with one attached hydrogen (secondary N) is 1. The quantitative estimate of drug-likeness (QED) is 0.880. The maximum atomic E-state index is 12.4. The summed E-state index contributed by atoms with van der Waals surface area (Å²) < 4.78 is 28.2. The van der Waals surface area contributed by atoms with Crippen molar-refractivity contribution in [2.75, 3.05) is 0 Å². The second-order valence-corrected chi connectivity index (χ2v) is 8.25. The lowest BCUT2D eigenvalue weighted by atomic mass is 9.65. The van der Waals surface area contributed by atoms with Crippen molar-refractivity contribution < 1.29 is 13.5 Å². The first kappa shape index (κ1) is 15.0. The summed E-state index contributed by atoms with van der Waals surface area (Å²) in [6.07, 6.45) is 0.00281. The molecule has 106 valence electrons. The second kappa shape index (κ2) is 4.84. The molecule has 1 fully saturated rings. The van der Waals surface area contributed by atoms with Crippen LogP contribution in [0, 0.1) is 12.3 Å². The van der Waals surface area contributed by atoms with E-state index in [1.165, 1.54) is 0 Å². The van der Waals surface area contributed by atoms with Crippen molar-refractivity contribution in [1.29, 1.82) is 0 Å². The predicted molar refractivity (Wildman–Crippen MR) is 77.4 cm³/mol. The molecule has 6 heteroatoms. The number of aryl methyl sites for hydroxylation is 1. The van der Waals surface area contributed by atoms with Gasteiger partial charge in [0.1, 0.15) is 0 Å². The molecule has 19 heavy (non-hydrogen) atoms. The van der Waals surface area contributed by atoms with Gasteiger partial charge in [-0.2, -0.15) is 0 Å². The van der Waals surface area contributed by atoms with Crippen LogP contribution in [0.1, 0.15) is 25.8 Å². The normalized spacial score (nSPS) is 25.9. The van der Waals surface area contributed by atoms with Gasteiger partial charge in [-0.15, -0.1) is 0 Å². The van der Waals surface area contributed by atoms with Crippen molar-refractivity contribution in [3.05, 3.63) is 28.2 Å². The van der Waals surface area contributed by atoms with E-state index in [4.69, 9.17) is 0 Å². The standard InChI is InChI=1S/C13H18BrNO3S/c1-8-4-5-9(14)6-10(8)19(17,18)15-11-7-12(16)13(11,2)3/h4-6,11-12,15-16H,7H2,1-3H3. The Labute approximate surface area is 122 Å². The van der Waals surface area contributed by atoms with Crippen LogP contribution in [0.5, 0.6) is 0 Å². The number of rotatable bonds is 3. The second-order valence-electron chi connectivity index (χ2n) is 5.66. The zero-order valence-electron chi connectivity index (χ0n) is 11.1. The van der Waals surface area contributed by atoms with E-state index in [1.807, 2.05) is 19.9 Å². The van der Waals surface area contributed by atoms with Crippen molar-refractivity contribution in [2.45, 2.75) is 44.2 Å². The van der Waals surface area contributed by atoms with Crippen LogP contribution in [0.25, 0.3) is 0 Å². The highest BCUT2D eigenvalue weighted by atomic mass is 79.9. The zero-order chi connectivity index (χ0) is 14.4. The third kappa shape index (κ3) is 2.72. The molecule has 0 saturated heterocycles. The lowest BCUT2D eigenvalue weighted by Crippen LogP contribution is -2.61. The molecule has 2 unspecified atom stereocenters. The average molecular weight is 348 g/mol. The molecule has 0 amide bonds. The molecule has 2 rings (SSSR count). The van der Waals surface area contributed by atoms with Crippen LogP contribution < -0.4 is 4.72 Å². The largest absolute Gasteiger partial charge is 0.392 e. The van der Waals surface area contributed by atoms with E-state index in [-0.39, 0.29) is 10.9 Å². The van der Waals surface area contributed by atoms with Gasteiger partial charge in [0.2, 0.25) is 10.0 Å². The maximum Gasteiger partial charge on any atom is 0.241 e. The molecule has 1 aliphatic carbocycles. The van der Waals surface area contributed by atoms with Gasteiger partial charge < -0.3 is 5.11 Å². The molecular weight excluding hydrogens is 330 g/mol. The molecule has 2 N–H and O–H groups in total. The van der Waals surface area contributed by atoms with E-state index in [0.717, 1.165) is 4.47 Å². The number of hydrogen-bond acceptors (Lipinski definition) is 3. The van der Waals surface area contributed by atoms with Gasteiger partial charge in [-0.25, -0.2) is 13.1 Å². The molecule has 4 nitrogen and oxygen atoms in total. The van der Waals surface area contributed by atoms with E-state index >= 15 is 0 Å². The fourth-order valence-corrected chi connectivity index (χ4v) is 4.40. The Bertz CT molecular complexity index is 598. The molecular formula is C13H18BrNO3S. The number of aliphatic hydroxyl groups excluding tert-OH is 1. The number of benzene rings is 1. The highest BCUT2D eigenvalue weighted by Gasteiger charge is 2.49. The van der Waals surface area contributed by atoms with E-state index in [1.54, 1.807) is 19.1 Å². The van der Waals surface area contributed by atoms with Gasteiger partial charge in [-0.3, -0.25) is 0 Å². The Balaban J connectivity index is 2.27. The Morgan fingerprint density at radius 2 is 2.05 bits per heavy atom. The minimum absolute atomic E-state index is 0.231. The molecule has 2 atom stereocenters. The predicted octanol–water partition coefficient (Wildman–Crippen LogP) is 2.20. The number of sulfonamides is 1. The van der Waals surface area contributed by atoms with Crippen molar-refractivity contribution >= 4 is 26.0 Å². The van der Waals surface area contributed by atoms with Gasteiger partial charge in [0.25, 0.3) is 0 Å². The van der Waals surface area contributed by atoms with Crippen molar-refractivity contribution in [3.63, 3.8) is 0 Å². The van der Waals surface area contributed by atoms with Crippen LogP contribution >= 0.6 is 15.9 Å². The number of aliphatic hydroxyl groups is 1. The summed E-state index contributed by atoms with van der Waals surface area (Å²) in [7, 11) is -3.56. The Hall–Kier alpha value is -0.430. The Morgan fingerprint density at radius 3 is 2.58 bits per heavy atom. The van der Waals surface area contributed by atoms with Crippen LogP contribution in [-0.2, 0) is 10.0 Å². The monoisotopic (exact) mass is 347 g/mol. The molecule has 1 aromatic carbocycles. The molecule has 0 aliphatic heterocycles. The van der Waals surface area contributed by atoms with E-state index in [2.05, 4.69) is 20.7 Å². The van der Waals surface area contributed by atoms with Gasteiger partial charge in [0.05, 0.1) is 11.0 Å². The SMILES string of the molecule is Cc1ccc(Br)cc1S(=O)(=O)NC1CC(O)C1(C)C. The van der Waals surface area contributed by atoms with Crippen molar-refractivity contribution in [3.8, 4) is 0 Å². The number of hydrogen-bond donors (Lipinski definition) is 2. The Morgan fingerprint density at radius 1 is 1.42 bits per heavy atom. The topological polar surface area (TPSA) is 66.4 Å². The highest BCUT2D eigenvalue weighted by Crippen LogP contribution is 2.41. The van der Waals surface area contributed by atoms with Gasteiger partial charge in [0, 0.05) is 15.9 Å². The molecule has 0 radical (unpaired) electrons. The van der Waals surface area contributed by atoms with Crippen LogP contribution in [0.4, 0.5) is 0 Å². The molecule has 0 aromatic heterocycles. The minimum Gasteiger partial charge on any atom is -0.392 e. The van der Waals surface area contributed by atoms with Gasteiger partial charge in [0.15, 0.2) is 0 Å². The summed E-state index contributed by atoms with van der Waals surface area (Å²) in [5.41, 5.74) is 0.279. The fourth-order valence-electron chi connectivity index (χ4n) is 2.22. The fraction of sp³-hybridized carbons (Fsp3) is 0.538. The first-order chi connectivity index (χ1) is 8.64. The average Bonchev–Trinajstić information content (AvgIpc) is 2.31. The van der Waals surface area contributed by atoms with E-state index < -0.39 is 21.5 Å². The smallest absolute Gasteiger partial charge is 0.241 e. The molecule has 1 aromatic rings. The molecule has 0 heterocycles. The zero-order valence-corrected chi connectivity index (χ0v) is 13.5. The third-order valence-electron chi connectivity index (χ3n) is 3.95. The first-order valence-corrected chi connectivity index (χ1v) is 8.39. The summed E-state index contributed by atoms with van der Waals surface area (Å²) in [5, 5.41) is 9.67. The van der Waals surface area contributed by atoms with Crippen LogP contribution in [0.3, 0.4) is 0 Å². The number of halogens is 1. The summed E-state index contributed by atoms with van der Waals surface area (Å²) >= 11 is 3.29. The van der Waals surface area contributed by atoms with Crippen LogP contribution in [0.15, 0.2) is 27.6 Å². The van der Waals surface area contributed by atoms with E-state index in [0.29, 0.717) is 12.0 Å². The summed E-state index contributed by atoms with van der Waals surface area (Å²) in [6, 6.07) is 4.94. The van der Waals surface area contributed by atoms with Gasteiger partial charge in [-0.05, 0) is 31.0 Å². The first-order valence-electron chi connectivity index (χ1n) is 6.11. The lowest BCUT2D eigenvalue weighted by Gasteiger charge is -2.49. The molecule has 1 aliphatic rings. The van der Waals surface area contributed by atoms with Gasteiger partial charge >= 0.3 is 0 Å². The molecule has 0 spiro atoms. The third-order valence-corrected chi connectivity index (χ3v) is 6.06.